The van der Waals surface area contributed by atoms with Gasteiger partial charge in [0, 0.05) is 4.47 Å². The molecule has 0 amide bonds. The molecular weight excluding hydrogens is 357 g/mol. The Hall–Kier alpha value is -1.26. The van der Waals surface area contributed by atoms with Crippen molar-refractivity contribution in [3.8, 4) is 5.75 Å². The number of nitrogens with one attached hydrogen (secondary N) is 1. The molecule has 1 N–H and O–H groups in total. The summed E-state index contributed by atoms with van der Waals surface area (Å²) in [6, 6.07) is 10.6. The molecule has 0 aliphatic rings. The SMILES string of the molecule is CCC(Nc1c(Cl)cc(F)cc1Br)c1ccc(OC)cc1. The van der Waals surface area contributed by atoms with Crippen molar-refractivity contribution in [3.05, 3.63) is 57.3 Å². The Balaban J connectivity index is 2.26. The van der Waals surface area contributed by atoms with Gasteiger partial charge < -0.3 is 10.1 Å². The highest BCUT2D eigenvalue weighted by molar-refractivity contribution is 9.10. The van der Waals surface area contributed by atoms with Crippen molar-refractivity contribution in [1.82, 2.24) is 0 Å². The van der Waals surface area contributed by atoms with Gasteiger partial charge in [0.25, 0.3) is 0 Å². The smallest absolute Gasteiger partial charge is 0.125 e. The van der Waals surface area contributed by atoms with Crippen LogP contribution in [-0.4, -0.2) is 7.11 Å². The molecule has 0 radical (unpaired) electrons. The van der Waals surface area contributed by atoms with Crippen LogP contribution in [0.3, 0.4) is 0 Å². The molecule has 2 aromatic carbocycles. The maximum absolute atomic E-state index is 13.3. The van der Waals surface area contributed by atoms with E-state index in [4.69, 9.17) is 16.3 Å². The van der Waals surface area contributed by atoms with Crippen molar-refractivity contribution in [3.63, 3.8) is 0 Å². The van der Waals surface area contributed by atoms with Gasteiger partial charge in [0.15, 0.2) is 0 Å². The second-order valence-electron chi connectivity index (χ2n) is 4.62. The predicted molar refractivity (Wildman–Crippen MR) is 88.8 cm³/mol. The van der Waals surface area contributed by atoms with E-state index in [2.05, 4.69) is 28.2 Å². The highest BCUT2D eigenvalue weighted by Gasteiger charge is 2.14. The average Bonchev–Trinajstić information content (AvgIpc) is 2.47. The Morgan fingerprint density at radius 2 is 1.95 bits per heavy atom. The minimum Gasteiger partial charge on any atom is -0.497 e. The fourth-order valence-electron chi connectivity index (χ4n) is 2.11. The Bertz CT molecular complexity index is 595. The van der Waals surface area contributed by atoms with Crippen LogP contribution in [0.15, 0.2) is 40.9 Å². The van der Waals surface area contributed by atoms with Gasteiger partial charge in [-0.25, -0.2) is 4.39 Å². The van der Waals surface area contributed by atoms with E-state index in [1.807, 2.05) is 24.3 Å². The summed E-state index contributed by atoms with van der Waals surface area (Å²) in [5.74, 6) is 0.449. The van der Waals surface area contributed by atoms with E-state index >= 15 is 0 Å². The van der Waals surface area contributed by atoms with Crippen LogP contribution >= 0.6 is 27.5 Å². The lowest BCUT2D eigenvalue weighted by Crippen LogP contribution is -2.10. The summed E-state index contributed by atoms with van der Waals surface area (Å²) in [7, 11) is 1.64. The third kappa shape index (κ3) is 3.89. The van der Waals surface area contributed by atoms with Crippen molar-refractivity contribution in [2.75, 3.05) is 12.4 Å². The molecule has 0 saturated heterocycles. The summed E-state index contributed by atoms with van der Waals surface area (Å²) in [6.07, 6.45) is 0.868. The molecule has 1 atom stereocenters. The van der Waals surface area contributed by atoms with E-state index in [0.717, 1.165) is 17.7 Å². The fraction of sp³-hybridized carbons (Fsp3) is 0.250. The molecule has 0 saturated carbocycles. The highest BCUT2D eigenvalue weighted by Crippen LogP contribution is 2.35. The standard InChI is InChI=1S/C16H16BrClFNO/c1-3-15(10-4-6-12(21-2)7-5-10)20-16-13(17)8-11(19)9-14(16)18/h4-9,15,20H,3H2,1-2H3. The van der Waals surface area contributed by atoms with Crippen LogP contribution in [-0.2, 0) is 0 Å². The van der Waals surface area contributed by atoms with E-state index in [9.17, 15) is 4.39 Å². The van der Waals surface area contributed by atoms with Crippen LogP contribution in [0.1, 0.15) is 24.9 Å². The molecule has 0 bridgehead atoms. The van der Waals surface area contributed by atoms with Crippen molar-refractivity contribution in [2.24, 2.45) is 0 Å². The summed E-state index contributed by atoms with van der Waals surface area (Å²) in [6.45, 7) is 2.08. The van der Waals surface area contributed by atoms with Crippen molar-refractivity contribution < 1.29 is 9.13 Å². The molecule has 5 heteroatoms. The van der Waals surface area contributed by atoms with Gasteiger partial charge >= 0.3 is 0 Å². The van der Waals surface area contributed by atoms with E-state index < -0.39 is 0 Å². The molecule has 0 aromatic heterocycles. The molecule has 1 unspecified atom stereocenters. The lowest BCUT2D eigenvalue weighted by Gasteiger charge is -2.21. The van der Waals surface area contributed by atoms with Crippen LogP contribution in [0, 0.1) is 5.82 Å². The number of anilines is 1. The molecule has 0 fully saturated rings. The van der Waals surface area contributed by atoms with Crippen LogP contribution in [0.2, 0.25) is 5.02 Å². The summed E-state index contributed by atoms with van der Waals surface area (Å²) >= 11 is 9.46. The summed E-state index contributed by atoms with van der Waals surface area (Å²) in [5.41, 5.74) is 1.81. The Morgan fingerprint density at radius 3 is 2.48 bits per heavy atom. The number of rotatable bonds is 5. The summed E-state index contributed by atoms with van der Waals surface area (Å²) in [4.78, 5) is 0. The highest BCUT2D eigenvalue weighted by atomic mass is 79.9. The third-order valence-corrected chi connectivity index (χ3v) is 4.18. The predicted octanol–water partition coefficient (Wildman–Crippen LogP) is 5.81. The zero-order valence-corrected chi connectivity index (χ0v) is 14.1. The second kappa shape index (κ2) is 7.14. The molecule has 21 heavy (non-hydrogen) atoms. The molecule has 2 aromatic rings. The monoisotopic (exact) mass is 371 g/mol. The molecule has 112 valence electrons. The number of halogens is 3. The first-order valence-corrected chi connectivity index (χ1v) is 7.77. The van der Waals surface area contributed by atoms with Gasteiger partial charge in [0.1, 0.15) is 11.6 Å². The minimum absolute atomic E-state index is 0.0789. The third-order valence-electron chi connectivity index (χ3n) is 3.25. The van der Waals surface area contributed by atoms with Gasteiger partial charge in [-0.15, -0.1) is 0 Å². The largest absolute Gasteiger partial charge is 0.497 e. The molecule has 2 nitrogen and oxygen atoms in total. The maximum Gasteiger partial charge on any atom is 0.125 e. The van der Waals surface area contributed by atoms with E-state index in [-0.39, 0.29) is 11.9 Å². The first kappa shape index (κ1) is 16.1. The first-order chi connectivity index (χ1) is 10.0. The van der Waals surface area contributed by atoms with Gasteiger partial charge in [0.2, 0.25) is 0 Å². The molecular formula is C16H16BrClFNO. The van der Waals surface area contributed by atoms with Crippen molar-refractivity contribution >= 4 is 33.2 Å². The number of ether oxygens (including phenoxy) is 1. The van der Waals surface area contributed by atoms with Gasteiger partial charge in [-0.2, -0.15) is 0 Å². The molecule has 2 rings (SSSR count). The lowest BCUT2D eigenvalue weighted by molar-refractivity contribution is 0.414. The van der Waals surface area contributed by atoms with E-state index in [1.54, 1.807) is 7.11 Å². The van der Waals surface area contributed by atoms with Crippen LogP contribution in [0.4, 0.5) is 10.1 Å². The van der Waals surface area contributed by atoms with Gasteiger partial charge in [-0.3, -0.25) is 0 Å². The summed E-state index contributed by atoms with van der Waals surface area (Å²) in [5, 5.41) is 3.72. The van der Waals surface area contributed by atoms with Crippen molar-refractivity contribution in [2.45, 2.75) is 19.4 Å². The molecule has 0 spiro atoms. The van der Waals surface area contributed by atoms with Crippen molar-refractivity contribution in [1.29, 1.82) is 0 Å². The maximum atomic E-state index is 13.3. The van der Waals surface area contributed by atoms with Crippen LogP contribution < -0.4 is 10.1 Å². The Labute approximate surface area is 137 Å². The number of methoxy groups -OCH3 is 1. The van der Waals surface area contributed by atoms with E-state index in [1.165, 1.54) is 12.1 Å². The van der Waals surface area contributed by atoms with Gasteiger partial charge in [0.05, 0.1) is 23.9 Å². The Kier molecular flexibility index (Phi) is 5.48. The zero-order chi connectivity index (χ0) is 15.4. The van der Waals surface area contributed by atoms with Crippen LogP contribution in [0.5, 0.6) is 5.75 Å². The average molecular weight is 373 g/mol. The quantitative estimate of drug-likeness (QED) is 0.714. The fourth-order valence-corrected chi connectivity index (χ4v) is 3.03. The van der Waals surface area contributed by atoms with Crippen LogP contribution in [0.25, 0.3) is 0 Å². The topological polar surface area (TPSA) is 21.3 Å². The molecule has 0 heterocycles. The molecule has 0 aliphatic carbocycles. The Morgan fingerprint density at radius 1 is 1.29 bits per heavy atom. The van der Waals surface area contributed by atoms with Gasteiger partial charge in [-0.05, 0) is 52.2 Å². The minimum atomic E-state index is -0.366. The molecule has 0 aliphatic heterocycles. The number of hydrogen-bond donors (Lipinski definition) is 1. The first-order valence-electron chi connectivity index (χ1n) is 6.60. The zero-order valence-electron chi connectivity index (χ0n) is 11.8. The second-order valence-corrected chi connectivity index (χ2v) is 5.88. The normalized spacial score (nSPS) is 12.0. The lowest BCUT2D eigenvalue weighted by atomic mass is 10.0. The number of hydrogen-bond acceptors (Lipinski definition) is 2. The summed E-state index contributed by atoms with van der Waals surface area (Å²) < 4.78 is 19.1. The van der Waals surface area contributed by atoms with E-state index in [0.29, 0.717) is 15.2 Å². The number of benzene rings is 2. The van der Waals surface area contributed by atoms with Gasteiger partial charge in [-0.1, -0.05) is 30.7 Å².